The first kappa shape index (κ1) is 18.5. The zero-order valence-corrected chi connectivity index (χ0v) is 15.2. The first-order valence-electron chi connectivity index (χ1n) is 9.68. The number of halogens is 3. The van der Waals surface area contributed by atoms with Crippen molar-refractivity contribution < 1.29 is 17.6 Å². The van der Waals surface area contributed by atoms with E-state index in [9.17, 15) is 13.2 Å². The first-order chi connectivity index (χ1) is 13.0. The molecule has 146 valence electrons. The van der Waals surface area contributed by atoms with Crippen molar-refractivity contribution in [3.63, 3.8) is 0 Å². The molecule has 1 aliphatic carbocycles. The summed E-state index contributed by atoms with van der Waals surface area (Å²) in [6, 6.07) is 5.69. The minimum absolute atomic E-state index is 0.466. The van der Waals surface area contributed by atoms with Crippen LogP contribution in [0.15, 0.2) is 28.7 Å². The maximum atomic E-state index is 12.8. The lowest BCUT2D eigenvalue weighted by Gasteiger charge is -2.31. The van der Waals surface area contributed by atoms with Crippen molar-refractivity contribution in [3.05, 3.63) is 47.2 Å². The van der Waals surface area contributed by atoms with Gasteiger partial charge in [-0.15, -0.1) is 10.2 Å². The molecule has 1 aromatic carbocycles. The van der Waals surface area contributed by atoms with Crippen molar-refractivity contribution in [1.82, 2.24) is 15.1 Å². The summed E-state index contributed by atoms with van der Waals surface area (Å²) in [6.07, 6.45) is 1.79. The Bertz CT molecular complexity index is 770. The Morgan fingerprint density at radius 1 is 1.15 bits per heavy atom. The van der Waals surface area contributed by atoms with Gasteiger partial charge >= 0.3 is 6.18 Å². The van der Waals surface area contributed by atoms with Crippen molar-refractivity contribution in [2.45, 2.75) is 57.2 Å². The summed E-state index contributed by atoms with van der Waals surface area (Å²) < 4.78 is 44.3. The Kier molecular flexibility index (Phi) is 5.21. The molecule has 0 spiro atoms. The molecule has 27 heavy (non-hydrogen) atoms. The molecule has 1 atom stereocenters. The lowest BCUT2D eigenvalue weighted by atomic mass is 9.91. The lowest BCUT2D eigenvalue weighted by molar-refractivity contribution is -0.137. The number of piperidine rings is 1. The number of alkyl halides is 3. The van der Waals surface area contributed by atoms with Crippen LogP contribution in [0.2, 0.25) is 0 Å². The molecular formula is C20H24F3N3O. The van der Waals surface area contributed by atoms with Gasteiger partial charge in [0.15, 0.2) is 0 Å². The Morgan fingerprint density at radius 3 is 2.78 bits per heavy atom. The van der Waals surface area contributed by atoms with E-state index < -0.39 is 11.7 Å². The highest BCUT2D eigenvalue weighted by Gasteiger charge is 2.31. The van der Waals surface area contributed by atoms with Gasteiger partial charge in [-0.25, -0.2) is 0 Å². The minimum atomic E-state index is -4.28. The summed E-state index contributed by atoms with van der Waals surface area (Å²) in [5, 5.41) is 8.29. The highest BCUT2D eigenvalue weighted by molar-refractivity contribution is 5.25. The molecule has 2 fully saturated rings. The zero-order valence-electron chi connectivity index (χ0n) is 15.2. The molecule has 2 aromatic rings. The third-order valence-corrected chi connectivity index (χ3v) is 5.47. The number of hydrogen-bond donors (Lipinski definition) is 0. The highest BCUT2D eigenvalue weighted by atomic mass is 19.4. The minimum Gasteiger partial charge on any atom is -0.424 e. The van der Waals surface area contributed by atoms with Gasteiger partial charge in [-0.05, 0) is 62.6 Å². The zero-order chi connectivity index (χ0) is 18.9. The summed E-state index contributed by atoms with van der Waals surface area (Å²) in [6.45, 7) is 2.60. The van der Waals surface area contributed by atoms with E-state index in [1.54, 1.807) is 6.07 Å². The van der Waals surface area contributed by atoms with Gasteiger partial charge in [0, 0.05) is 12.5 Å². The van der Waals surface area contributed by atoms with E-state index in [0.717, 1.165) is 62.7 Å². The van der Waals surface area contributed by atoms with Gasteiger partial charge in [0.2, 0.25) is 11.8 Å². The quantitative estimate of drug-likeness (QED) is 0.722. The molecule has 7 heteroatoms. The van der Waals surface area contributed by atoms with E-state index in [4.69, 9.17) is 4.42 Å². The molecule has 1 saturated carbocycles. The van der Waals surface area contributed by atoms with Gasteiger partial charge in [0.05, 0.1) is 12.1 Å². The van der Waals surface area contributed by atoms with E-state index in [1.165, 1.54) is 12.1 Å². The Morgan fingerprint density at radius 2 is 2.00 bits per heavy atom. The van der Waals surface area contributed by atoms with Crippen LogP contribution in [0.25, 0.3) is 0 Å². The van der Waals surface area contributed by atoms with E-state index >= 15 is 0 Å². The predicted molar refractivity (Wildman–Crippen MR) is 94.0 cm³/mol. The third-order valence-electron chi connectivity index (χ3n) is 5.47. The topological polar surface area (TPSA) is 42.2 Å². The second-order valence-corrected chi connectivity index (χ2v) is 7.79. The second-order valence-electron chi connectivity index (χ2n) is 7.79. The molecule has 1 aromatic heterocycles. The summed E-state index contributed by atoms with van der Waals surface area (Å²) in [4.78, 5) is 2.32. The van der Waals surface area contributed by atoms with Gasteiger partial charge in [-0.2, -0.15) is 13.2 Å². The van der Waals surface area contributed by atoms with Gasteiger partial charge in [0.1, 0.15) is 0 Å². The van der Waals surface area contributed by atoms with Crippen molar-refractivity contribution in [1.29, 1.82) is 0 Å². The Labute approximate surface area is 156 Å². The smallest absolute Gasteiger partial charge is 0.416 e. The number of hydrogen-bond acceptors (Lipinski definition) is 4. The van der Waals surface area contributed by atoms with E-state index in [0.29, 0.717) is 30.7 Å². The van der Waals surface area contributed by atoms with Gasteiger partial charge in [-0.1, -0.05) is 18.2 Å². The van der Waals surface area contributed by atoms with Crippen molar-refractivity contribution in [2.75, 3.05) is 13.1 Å². The van der Waals surface area contributed by atoms with E-state index in [2.05, 4.69) is 15.1 Å². The van der Waals surface area contributed by atoms with Crippen LogP contribution in [-0.4, -0.2) is 28.2 Å². The lowest BCUT2D eigenvalue weighted by Crippen LogP contribution is -2.35. The number of aryl methyl sites for hydroxylation is 1. The fraction of sp³-hybridized carbons (Fsp3) is 0.600. The van der Waals surface area contributed by atoms with Crippen LogP contribution in [0, 0.1) is 5.92 Å². The normalized spacial score (nSPS) is 21.5. The largest absolute Gasteiger partial charge is 0.424 e. The molecule has 4 nitrogen and oxygen atoms in total. The molecule has 0 bridgehead atoms. The molecule has 0 amide bonds. The monoisotopic (exact) mass is 379 g/mol. The fourth-order valence-corrected chi connectivity index (χ4v) is 3.82. The fourth-order valence-electron chi connectivity index (χ4n) is 3.82. The number of likely N-dealkylation sites (tertiary alicyclic amines) is 1. The van der Waals surface area contributed by atoms with Crippen LogP contribution in [0.5, 0.6) is 0 Å². The van der Waals surface area contributed by atoms with Crippen LogP contribution in [0.4, 0.5) is 13.2 Å². The van der Waals surface area contributed by atoms with Crippen LogP contribution in [-0.2, 0) is 19.1 Å². The van der Waals surface area contributed by atoms with E-state index in [1.807, 2.05) is 0 Å². The maximum Gasteiger partial charge on any atom is 0.416 e. The molecule has 0 radical (unpaired) electrons. The van der Waals surface area contributed by atoms with Crippen LogP contribution in [0.1, 0.15) is 60.9 Å². The van der Waals surface area contributed by atoms with Crippen molar-refractivity contribution >= 4 is 0 Å². The number of nitrogens with zero attached hydrogens (tertiary/aromatic N) is 3. The van der Waals surface area contributed by atoms with Crippen LogP contribution in [0.3, 0.4) is 0 Å². The second kappa shape index (κ2) is 7.62. The highest BCUT2D eigenvalue weighted by Crippen LogP contribution is 2.39. The summed E-state index contributed by atoms with van der Waals surface area (Å²) in [5.41, 5.74) is 0.195. The summed E-state index contributed by atoms with van der Waals surface area (Å²) in [5.74, 6) is 2.39. The van der Waals surface area contributed by atoms with Gasteiger partial charge in [-0.3, -0.25) is 4.90 Å². The standard InChI is InChI=1S/C20H24F3N3O/c21-20(22,23)17-5-1-3-14(11-17)6-7-15-4-2-10-26(12-15)13-18-24-25-19(27-18)16-8-9-16/h1,3,5,11,15-16H,2,4,6-10,12-13H2/t15-/m0/s1. The number of rotatable bonds is 6. The molecule has 1 aliphatic heterocycles. The van der Waals surface area contributed by atoms with E-state index in [-0.39, 0.29) is 0 Å². The van der Waals surface area contributed by atoms with Gasteiger partial charge < -0.3 is 4.42 Å². The maximum absolute atomic E-state index is 12.8. The predicted octanol–water partition coefficient (Wildman–Crippen LogP) is 4.81. The molecule has 0 unspecified atom stereocenters. The number of aromatic nitrogens is 2. The summed E-state index contributed by atoms with van der Waals surface area (Å²) in [7, 11) is 0. The third kappa shape index (κ3) is 4.89. The van der Waals surface area contributed by atoms with Crippen molar-refractivity contribution in [3.8, 4) is 0 Å². The molecule has 1 saturated heterocycles. The molecule has 2 aliphatic rings. The average Bonchev–Trinajstić information content (AvgIpc) is 3.40. The Hall–Kier alpha value is -1.89. The molecule has 4 rings (SSSR count). The molecule has 2 heterocycles. The first-order valence-corrected chi connectivity index (χ1v) is 9.68. The molecule has 0 N–H and O–H groups in total. The van der Waals surface area contributed by atoms with Crippen molar-refractivity contribution in [2.24, 2.45) is 5.92 Å². The van der Waals surface area contributed by atoms with Crippen LogP contribution >= 0.6 is 0 Å². The van der Waals surface area contributed by atoms with Crippen LogP contribution < -0.4 is 0 Å². The number of benzene rings is 1. The summed E-state index contributed by atoms with van der Waals surface area (Å²) >= 11 is 0. The molecular weight excluding hydrogens is 355 g/mol. The average molecular weight is 379 g/mol. The SMILES string of the molecule is FC(F)(F)c1cccc(CC[C@@H]2CCCN(Cc3nnc(C4CC4)o3)C2)c1. The Balaban J connectivity index is 1.29. The van der Waals surface area contributed by atoms with Gasteiger partial charge in [0.25, 0.3) is 0 Å².